The number of benzene rings is 1. The fourth-order valence-electron chi connectivity index (χ4n) is 2.99. The maximum absolute atomic E-state index is 12.3. The molecule has 2 aliphatic rings. The number of amides is 1. The Morgan fingerprint density at radius 1 is 1.32 bits per heavy atom. The van der Waals surface area contributed by atoms with E-state index in [1.165, 1.54) is 5.56 Å². The van der Waals surface area contributed by atoms with E-state index in [9.17, 15) is 9.90 Å². The molecule has 4 nitrogen and oxygen atoms in total. The summed E-state index contributed by atoms with van der Waals surface area (Å²) in [7, 11) is 0. The van der Waals surface area contributed by atoms with Crippen molar-refractivity contribution in [1.29, 1.82) is 0 Å². The highest BCUT2D eigenvalue weighted by molar-refractivity contribution is 5.78. The number of anilines is 1. The highest BCUT2D eigenvalue weighted by Gasteiger charge is 2.27. The predicted octanol–water partition coefficient (Wildman–Crippen LogP) is 1.57. The maximum atomic E-state index is 12.3. The second-order valence-corrected chi connectivity index (χ2v) is 5.48. The van der Waals surface area contributed by atoms with Crippen molar-refractivity contribution in [2.75, 3.05) is 25.0 Å². The minimum absolute atomic E-state index is 0.218. The summed E-state index contributed by atoms with van der Waals surface area (Å²) in [6.45, 7) is 2.24. The molecule has 0 saturated carbocycles. The SMILES string of the molecule is O=C(CC1CNc2ccccc21)N1CCC(O)CC1. The van der Waals surface area contributed by atoms with E-state index in [-0.39, 0.29) is 17.9 Å². The average molecular weight is 260 g/mol. The number of piperidine rings is 1. The summed E-state index contributed by atoms with van der Waals surface area (Å²) in [4.78, 5) is 14.2. The zero-order valence-corrected chi connectivity index (χ0v) is 11.0. The summed E-state index contributed by atoms with van der Waals surface area (Å²) in [5.74, 6) is 0.506. The molecule has 102 valence electrons. The molecule has 0 radical (unpaired) electrons. The molecule has 0 bridgehead atoms. The fraction of sp³-hybridized carbons (Fsp3) is 0.533. The van der Waals surface area contributed by atoms with Gasteiger partial charge in [0.05, 0.1) is 6.10 Å². The van der Waals surface area contributed by atoms with Crippen LogP contribution in [0.4, 0.5) is 5.69 Å². The van der Waals surface area contributed by atoms with Crippen LogP contribution in [-0.2, 0) is 4.79 Å². The molecule has 1 aromatic rings. The number of nitrogens with one attached hydrogen (secondary N) is 1. The van der Waals surface area contributed by atoms with Gasteiger partial charge in [-0.2, -0.15) is 0 Å². The van der Waals surface area contributed by atoms with Crippen LogP contribution in [0.1, 0.15) is 30.7 Å². The van der Waals surface area contributed by atoms with Crippen molar-refractivity contribution in [2.45, 2.75) is 31.3 Å². The monoisotopic (exact) mass is 260 g/mol. The van der Waals surface area contributed by atoms with E-state index in [4.69, 9.17) is 0 Å². The van der Waals surface area contributed by atoms with Gasteiger partial charge in [-0.3, -0.25) is 4.79 Å². The van der Waals surface area contributed by atoms with Crippen LogP contribution in [0.25, 0.3) is 0 Å². The van der Waals surface area contributed by atoms with Crippen LogP contribution in [0.15, 0.2) is 24.3 Å². The third kappa shape index (κ3) is 2.59. The first kappa shape index (κ1) is 12.5. The number of aliphatic hydroxyl groups is 1. The van der Waals surface area contributed by atoms with Crippen LogP contribution >= 0.6 is 0 Å². The first-order chi connectivity index (χ1) is 9.24. The number of carbonyl (C=O) groups excluding carboxylic acids is 1. The number of hydrogen-bond donors (Lipinski definition) is 2. The number of nitrogens with zero attached hydrogens (tertiary/aromatic N) is 1. The quantitative estimate of drug-likeness (QED) is 0.848. The van der Waals surface area contributed by atoms with Gasteiger partial charge in [-0.15, -0.1) is 0 Å². The lowest BCUT2D eigenvalue weighted by Gasteiger charge is -2.30. The van der Waals surface area contributed by atoms with Crippen LogP contribution in [-0.4, -0.2) is 41.7 Å². The topological polar surface area (TPSA) is 52.6 Å². The maximum Gasteiger partial charge on any atom is 0.223 e. The molecule has 4 heteroatoms. The Hall–Kier alpha value is -1.55. The van der Waals surface area contributed by atoms with Gasteiger partial charge in [0.15, 0.2) is 0 Å². The largest absolute Gasteiger partial charge is 0.393 e. The molecule has 3 rings (SSSR count). The summed E-state index contributed by atoms with van der Waals surface area (Å²) >= 11 is 0. The molecule has 0 aliphatic carbocycles. The van der Waals surface area contributed by atoms with Crippen LogP contribution in [0.2, 0.25) is 0 Å². The Morgan fingerprint density at radius 3 is 2.84 bits per heavy atom. The van der Waals surface area contributed by atoms with Crippen molar-refractivity contribution in [2.24, 2.45) is 0 Å². The number of para-hydroxylation sites is 1. The van der Waals surface area contributed by atoms with Gasteiger partial charge in [-0.25, -0.2) is 0 Å². The molecule has 2 heterocycles. The van der Waals surface area contributed by atoms with E-state index in [1.54, 1.807) is 0 Å². The van der Waals surface area contributed by atoms with Gasteiger partial charge in [0.1, 0.15) is 0 Å². The lowest BCUT2D eigenvalue weighted by Crippen LogP contribution is -2.40. The minimum Gasteiger partial charge on any atom is -0.393 e. The number of likely N-dealkylation sites (tertiary alicyclic amines) is 1. The van der Waals surface area contributed by atoms with Crippen molar-refractivity contribution in [3.8, 4) is 0 Å². The fourth-order valence-corrected chi connectivity index (χ4v) is 2.99. The smallest absolute Gasteiger partial charge is 0.223 e. The Kier molecular flexibility index (Phi) is 3.42. The van der Waals surface area contributed by atoms with Crippen molar-refractivity contribution >= 4 is 11.6 Å². The van der Waals surface area contributed by atoms with Crippen LogP contribution in [0.5, 0.6) is 0 Å². The summed E-state index contributed by atoms with van der Waals surface area (Å²) in [5.41, 5.74) is 2.42. The lowest BCUT2D eigenvalue weighted by molar-refractivity contribution is -0.133. The van der Waals surface area contributed by atoms with Crippen molar-refractivity contribution < 1.29 is 9.90 Å². The second kappa shape index (κ2) is 5.21. The summed E-state index contributed by atoms with van der Waals surface area (Å²) < 4.78 is 0. The third-order valence-corrected chi connectivity index (χ3v) is 4.18. The molecule has 0 spiro atoms. The molecule has 1 amide bonds. The minimum atomic E-state index is -0.224. The number of carbonyl (C=O) groups is 1. The van der Waals surface area contributed by atoms with Gasteiger partial charge in [0, 0.05) is 37.7 Å². The van der Waals surface area contributed by atoms with Gasteiger partial charge in [0.2, 0.25) is 5.91 Å². The molecule has 0 aromatic heterocycles. The summed E-state index contributed by atoms with van der Waals surface area (Å²) in [6, 6.07) is 8.22. The van der Waals surface area contributed by atoms with Crippen LogP contribution in [0, 0.1) is 0 Å². The highest BCUT2D eigenvalue weighted by atomic mass is 16.3. The molecule has 1 saturated heterocycles. The molecular weight excluding hydrogens is 240 g/mol. The van der Waals surface area contributed by atoms with E-state index in [1.807, 2.05) is 17.0 Å². The van der Waals surface area contributed by atoms with Gasteiger partial charge < -0.3 is 15.3 Å². The Morgan fingerprint density at radius 2 is 2.05 bits per heavy atom. The van der Waals surface area contributed by atoms with Gasteiger partial charge in [-0.1, -0.05) is 18.2 Å². The van der Waals surface area contributed by atoms with Crippen molar-refractivity contribution in [3.05, 3.63) is 29.8 Å². The molecule has 2 aliphatic heterocycles. The highest BCUT2D eigenvalue weighted by Crippen LogP contribution is 2.33. The Bertz CT molecular complexity index is 467. The van der Waals surface area contributed by atoms with E-state index in [0.29, 0.717) is 32.4 Å². The van der Waals surface area contributed by atoms with Gasteiger partial charge >= 0.3 is 0 Å². The Balaban J connectivity index is 1.62. The molecule has 1 atom stereocenters. The van der Waals surface area contributed by atoms with Gasteiger partial charge in [-0.05, 0) is 24.5 Å². The second-order valence-electron chi connectivity index (χ2n) is 5.48. The molecule has 2 N–H and O–H groups in total. The lowest BCUT2D eigenvalue weighted by atomic mass is 9.96. The number of fused-ring (bicyclic) bond motifs is 1. The molecular formula is C15H20N2O2. The zero-order chi connectivity index (χ0) is 13.2. The predicted molar refractivity (Wildman–Crippen MR) is 74.1 cm³/mol. The van der Waals surface area contributed by atoms with Crippen molar-refractivity contribution in [3.63, 3.8) is 0 Å². The van der Waals surface area contributed by atoms with E-state index in [2.05, 4.69) is 17.4 Å². The molecule has 1 fully saturated rings. The van der Waals surface area contributed by atoms with Crippen LogP contribution < -0.4 is 5.32 Å². The number of rotatable bonds is 2. The molecule has 1 aromatic carbocycles. The van der Waals surface area contributed by atoms with E-state index in [0.717, 1.165) is 12.2 Å². The normalized spacial score (nSPS) is 23.0. The van der Waals surface area contributed by atoms with E-state index < -0.39 is 0 Å². The van der Waals surface area contributed by atoms with Gasteiger partial charge in [0.25, 0.3) is 0 Å². The number of aliphatic hydroxyl groups excluding tert-OH is 1. The molecule has 1 unspecified atom stereocenters. The summed E-state index contributed by atoms with van der Waals surface area (Å²) in [5, 5.41) is 12.8. The van der Waals surface area contributed by atoms with E-state index >= 15 is 0 Å². The first-order valence-corrected chi connectivity index (χ1v) is 7.02. The third-order valence-electron chi connectivity index (χ3n) is 4.18. The Labute approximate surface area is 113 Å². The summed E-state index contributed by atoms with van der Waals surface area (Å²) in [6.07, 6.45) is 1.77. The van der Waals surface area contributed by atoms with Crippen molar-refractivity contribution in [1.82, 2.24) is 4.90 Å². The zero-order valence-electron chi connectivity index (χ0n) is 11.0. The standard InChI is InChI=1S/C15H20N2O2/c18-12-5-7-17(8-6-12)15(19)9-11-10-16-14-4-2-1-3-13(11)14/h1-4,11-12,16,18H,5-10H2. The average Bonchev–Trinajstić information content (AvgIpc) is 2.83. The number of hydrogen-bond acceptors (Lipinski definition) is 3. The van der Waals surface area contributed by atoms with Crippen LogP contribution in [0.3, 0.4) is 0 Å². The first-order valence-electron chi connectivity index (χ1n) is 7.02. The molecule has 19 heavy (non-hydrogen) atoms.